The first-order chi connectivity index (χ1) is 19.3. The quantitative estimate of drug-likeness (QED) is 0.219. The highest BCUT2D eigenvalue weighted by molar-refractivity contribution is 7.99. The zero-order valence-electron chi connectivity index (χ0n) is 21.1. The number of benzene rings is 6. The van der Waals surface area contributed by atoms with Crippen molar-refractivity contribution in [2.24, 2.45) is 0 Å². The molecule has 0 amide bonds. The maximum atomic E-state index is 5.03. The molecule has 1 aromatic heterocycles. The van der Waals surface area contributed by atoms with E-state index < -0.39 is 0 Å². The molecule has 2 heterocycles. The van der Waals surface area contributed by atoms with Gasteiger partial charge < -0.3 is 0 Å². The molecular weight excluding hydrogens is 494 g/mol. The van der Waals surface area contributed by atoms with Crippen molar-refractivity contribution >= 4 is 44.1 Å². The fourth-order valence-corrected chi connectivity index (χ4v) is 6.69. The van der Waals surface area contributed by atoms with Crippen molar-refractivity contribution in [3.8, 4) is 34.2 Å². The van der Waals surface area contributed by atoms with Gasteiger partial charge in [-0.15, -0.1) is 11.8 Å². The maximum Gasteiger partial charge on any atom is 0.164 e. The van der Waals surface area contributed by atoms with E-state index >= 15 is 0 Å². The van der Waals surface area contributed by atoms with Crippen LogP contribution < -0.4 is 0 Å². The zero-order valence-corrected chi connectivity index (χ0v) is 22.0. The molecule has 39 heavy (non-hydrogen) atoms. The van der Waals surface area contributed by atoms with Crippen molar-refractivity contribution in [3.05, 3.63) is 121 Å². The summed E-state index contributed by atoms with van der Waals surface area (Å²) in [5.74, 6) is 3.22. The van der Waals surface area contributed by atoms with E-state index in [4.69, 9.17) is 15.0 Å². The lowest BCUT2D eigenvalue weighted by Crippen LogP contribution is -2.00. The van der Waals surface area contributed by atoms with Crippen LogP contribution in [-0.2, 0) is 6.42 Å². The van der Waals surface area contributed by atoms with Crippen LogP contribution in [-0.4, -0.2) is 20.7 Å². The van der Waals surface area contributed by atoms with Gasteiger partial charge in [-0.3, -0.25) is 0 Å². The molecule has 0 unspecified atom stereocenters. The summed E-state index contributed by atoms with van der Waals surface area (Å²) in [6, 6.07) is 40.8. The summed E-state index contributed by atoms with van der Waals surface area (Å²) in [7, 11) is 0. The van der Waals surface area contributed by atoms with Crippen LogP contribution in [0.25, 0.3) is 66.5 Å². The smallest absolute Gasteiger partial charge is 0.164 e. The van der Waals surface area contributed by atoms with Crippen molar-refractivity contribution in [2.45, 2.75) is 11.3 Å². The number of rotatable bonds is 3. The number of fused-ring (bicyclic) bond motifs is 6. The van der Waals surface area contributed by atoms with Gasteiger partial charge in [0.1, 0.15) is 0 Å². The summed E-state index contributed by atoms with van der Waals surface area (Å²) in [6.45, 7) is 0. The highest BCUT2D eigenvalue weighted by Gasteiger charge is 2.17. The van der Waals surface area contributed by atoms with Gasteiger partial charge in [0.05, 0.1) is 0 Å². The molecule has 184 valence electrons. The summed E-state index contributed by atoms with van der Waals surface area (Å²) in [5.41, 5.74) is 4.39. The van der Waals surface area contributed by atoms with E-state index in [1.807, 2.05) is 30.0 Å². The Labute approximate surface area is 230 Å². The predicted octanol–water partition coefficient (Wildman–Crippen LogP) is 8.98. The molecule has 7 aromatic rings. The SMILES string of the molecule is c1ccc(-c2nc(-c3ccc4c(c3)CCS4)nc(-c3ccc4ccc5c6ccccc6ccc5c4c3)n2)cc1. The van der Waals surface area contributed by atoms with E-state index in [1.54, 1.807) is 0 Å². The van der Waals surface area contributed by atoms with Gasteiger partial charge in [-0.1, -0.05) is 97.1 Å². The molecule has 0 N–H and O–H groups in total. The topological polar surface area (TPSA) is 38.7 Å². The number of aromatic nitrogens is 3. The number of hydrogen-bond donors (Lipinski definition) is 0. The Bertz CT molecular complexity index is 2050. The maximum absolute atomic E-state index is 5.03. The van der Waals surface area contributed by atoms with E-state index in [1.165, 1.54) is 42.8 Å². The molecule has 0 bridgehead atoms. The van der Waals surface area contributed by atoms with E-state index in [2.05, 4.69) is 97.1 Å². The highest BCUT2D eigenvalue weighted by Crippen LogP contribution is 2.36. The molecule has 0 atom stereocenters. The van der Waals surface area contributed by atoms with Crippen LogP contribution in [0.4, 0.5) is 0 Å². The minimum absolute atomic E-state index is 0.688. The number of hydrogen-bond acceptors (Lipinski definition) is 4. The van der Waals surface area contributed by atoms with Crippen molar-refractivity contribution in [1.82, 2.24) is 15.0 Å². The van der Waals surface area contributed by atoms with E-state index in [0.717, 1.165) is 28.9 Å². The molecule has 4 heteroatoms. The largest absolute Gasteiger partial charge is 0.208 e. The van der Waals surface area contributed by atoms with Crippen LogP contribution in [0.1, 0.15) is 5.56 Å². The molecule has 6 aromatic carbocycles. The zero-order chi connectivity index (χ0) is 25.8. The van der Waals surface area contributed by atoms with E-state index in [9.17, 15) is 0 Å². The van der Waals surface area contributed by atoms with Gasteiger partial charge >= 0.3 is 0 Å². The third-order valence-electron chi connectivity index (χ3n) is 7.62. The lowest BCUT2D eigenvalue weighted by molar-refractivity contribution is 1.07. The second-order valence-corrected chi connectivity index (χ2v) is 11.1. The van der Waals surface area contributed by atoms with Crippen LogP contribution in [0.2, 0.25) is 0 Å². The summed E-state index contributed by atoms with van der Waals surface area (Å²) < 4.78 is 0. The molecule has 0 spiro atoms. The first-order valence-electron chi connectivity index (χ1n) is 13.2. The first-order valence-corrected chi connectivity index (χ1v) is 14.2. The first kappa shape index (κ1) is 22.4. The molecule has 1 aliphatic rings. The molecule has 0 aliphatic carbocycles. The van der Waals surface area contributed by atoms with Gasteiger partial charge in [0.2, 0.25) is 0 Å². The predicted molar refractivity (Wildman–Crippen MR) is 163 cm³/mol. The normalized spacial score (nSPS) is 12.8. The second kappa shape index (κ2) is 9.04. The molecule has 3 nitrogen and oxygen atoms in total. The molecule has 0 radical (unpaired) electrons. The van der Waals surface area contributed by atoms with Gasteiger partial charge in [-0.2, -0.15) is 0 Å². The Hall–Kier alpha value is -4.54. The fourth-order valence-electron chi connectivity index (χ4n) is 5.63. The molecule has 8 rings (SSSR count). The molecule has 0 fully saturated rings. The lowest BCUT2D eigenvalue weighted by Gasteiger charge is -2.11. The monoisotopic (exact) mass is 517 g/mol. The summed E-state index contributed by atoms with van der Waals surface area (Å²) in [4.78, 5) is 16.3. The Balaban J connectivity index is 1.34. The van der Waals surface area contributed by atoms with E-state index in [0.29, 0.717) is 17.5 Å². The average molecular weight is 518 g/mol. The number of nitrogens with zero attached hydrogens (tertiary/aromatic N) is 3. The van der Waals surface area contributed by atoms with Crippen molar-refractivity contribution in [1.29, 1.82) is 0 Å². The summed E-state index contributed by atoms with van der Waals surface area (Å²) in [6.07, 6.45) is 1.09. The van der Waals surface area contributed by atoms with Gasteiger partial charge in [0.25, 0.3) is 0 Å². The second-order valence-electron chi connectivity index (χ2n) is 9.98. The molecule has 0 saturated heterocycles. The third-order valence-corrected chi connectivity index (χ3v) is 8.73. The average Bonchev–Trinajstić information content (AvgIpc) is 3.49. The van der Waals surface area contributed by atoms with Gasteiger partial charge in [0.15, 0.2) is 17.5 Å². The fraction of sp³-hybridized carbons (Fsp3) is 0.0571. The van der Waals surface area contributed by atoms with Crippen LogP contribution in [0.15, 0.2) is 120 Å². The molecule has 0 saturated carbocycles. The van der Waals surface area contributed by atoms with Gasteiger partial charge in [-0.25, -0.2) is 15.0 Å². The van der Waals surface area contributed by atoms with Gasteiger partial charge in [0, 0.05) is 27.3 Å². The van der Waals surface area contributed by atoms with Gasteiger partial charge in [-0.05, 0) is 62.5 Å². The van der Waals surface area contributed by atoms with Crippen molar-refractivity contribution in [2.75, 3.05) is 5.75 Å². The third kappa shape index (κ3) is 3.87. The minimum Gasteiger partial charge on any atom is -0.208 e. The minimum atomic E-state index is 0.688. The van der Waals surface area contributed by atoms with Crippen LogP contribution in [0.5, 0.6) is 0 Å². The van der Waals surface area contributed by atoms with Crippen molar-refractivity contribution < 1.29 is 0 Å². The van der Waals surface area contributed by atoms with Crippen LogP contribution in [0, 0.1) is 0 Å². The van der Waals surface area contributed by atoms with Crippen molar-refractivity contribution in [3.63, 3.8) is 0 Å². The Morgan fingerprint density at radius 3 is 1.90 bits per heavy atom. The van der Waals surface area contributed by atoms with E-state index in [-0.39, 0.29) is 0 Å². The Morgan fingerprint density at radius 2 is 1.08 bits per heavy atom. The number of thioether (sulfide) groups is 1. The number of aryl methyl sites for hydroxylation is 1. The molecular formula is C35H23N3S. The highest BCUT2D eigenvalue weighted by atomic mass is 32.2. The summed E-state index contributed by atoms with van der Waals surface area (Å²) in [5, 5.41) is 7.43. The van der Waals surface area contributed by atoms with Crippen LogP contribution >= 0.6 is 11.8 Å². The van der Waals surface area contributed by atoms with Crippen LogP contribution in [0.3, 0.4) is 0 Å². The Kier molecular flexibility index (Phi) is 5.20. The Morgan fingerprint density at radius 1 is 0.462 bits per heavy atom. The lowest BCUT2D eigenvalue weighted by atomic mass is 9.96. The standard InChI is InChI=1S/C35H23N3S/c1-2-7-24(8-3-1)33-36-34(26-14-17-32-25(20-26)18-19-39-32)38-35(37-33)27-11-10-23-13-15-29-28-9-5-4-6-22(28)12-16-30(29)31(23)21-27/h1-17,20-21H,18-19H2. The summed E-state index contributed by atoms with van der Waals surface area (Å²) >= 11 is 1.92. The molecule has 1 aliphatic heterocycles.